The largest absolute Gasteiger partial charge is 0.341 e. The van der Waals surface area contributed by atoms with Crippen molar-refractivity contribution >= 4 is 30.3 Å². The molecule has 0 unspecified atom stereocenters. The highest BCUT2D eigenvalue weighted by Crippen LogP contribution is 2.25. The number of likely N-dealkylation sites (tertiary alicyclic amines) is 1. The first-order valence-corrected chi connectivity index (χ1v) is 9.04. The Kier molecular flexibility index (Phi) is 8.15. The number of nitrogens with zero attached hydrogens (tertiary/aromatic N) is 2. The third kappa shape index (κ3) is 4.64. The molecule has 2 saturated heterocycles. The SMILES string of the molecule is CCC1(CC)NC(=O)N(CC(=O)N2CCC(CCNC)CC2)C1=O.Cl. The van der Waals surface area contributed by atoms with E-state index >= 15 is 0 Å². The van der Waals surface area contributed by atoms with Gasteiger partial charge in [0.05, 0.1) is 0 Å². The van der Waals surface area contributed by atoms with Crippen LogP contribution >= 0.6 is 12.4 Å². The van der Waals surface area contributed by atoms with Crippen LogP contribution in [0.15, 0.2) is 0 Å². The molecule has 0 saturated carbocycles. The van der Waals surface area contributed by atoms with E-state index in [0.29, 0.717) is 31.8 Å². The van der Waals surface area contributed by atoms with Crippen LogP contribution in [0.4, 0.5) is 4.79 Å². The summed E-state index contributed by atoms with van der Waals surface area (Å²) in [6.45, 7) is 6.03. The minimum Gasteiger partial charge on any atom is -0.341 e. The average molecular weight is 375 g/mol. The Morgan fingerprint density at radius 2 is 1.84 bits per heavy atom. The molecule has 0 aromatic rings. The van der Waals surface area contributed by atoms with Gasteiger partial charge in [-0.1, -0.05) is 13.8 Å². The number of hydrogen-bond acceptors (Lipinski definition) is 4. The molecule has 25 heavy (non-hydrogen) atoms. The zero-order valence-electron chi connectivity index (χ0n) is 15.5. The van der Waals surface area contributed by atoms with E-state index < -0.39 is 11.6 Å². The molecule has 2 fully saturated rings. The van der Waals surface area contributed by atoms with Gasteiger partial charge in [-0.2, -0.15) is 0 Å². The zero-order valence-corrected chi connectivity index (χ0v) is 16.3. The van der Waals surface area contributed by atoms with Crippen molar-refractivity contribution in [3.8, 4) is 0 Å². The third-order valence-corrected chi connectivity index (χ3v) is 5.52. The molecular weight excluding hydrogens is 344 g/mol. The second kappa shape index (κ2) is 9.38. The molecule has 2 N–H and O–H groups in total. The highest BCUT2D eigenvalue weighted by Gasteiger charge is 2.49. The number of piperidine rings is 1. The van der Waals surface area contributed by atoms with E-state index in [1.54, 1.807) is 4.90 Å². The van der Waals surface area contributed by atoms with Crippen LogP contribution in [0.25, 0.3) is 0 Å². The Hall–Kier alpha value is -1.34. The zero-order chi connectivity index (χ0) is 17.7. The molecule has 144 valence electrons. The van der Waals surface area contributed by atoms with Crippen LogP contribution in [-0.4, -0.2) is 66.4 Å². The summed E-state index contributed by atoms with van der Waals surface area (Å²) in [7, 11) is 1.95. The smallest absolute Gasteiger partial charge is 0.325 e. The monoisotopic (exact) mass is 374 g/mol. The van der Waals surface area contributed by atoms with Crippen molar-refractivity contribution in [3.63, 3.8) is 0 Å². The molecular formula is C17H31ClN4O3. The van der Waals surface area contributed by atoms with Gasteiger partial charge in [-0.15, -0.1) is 12.4 Å². The molecule has 2 heterocycles. The number of halogens is 1. The van der Waals surface area contributed by atoms with Crippen molar-refractivity contribution in [2.24, 2.45) is 5.92 Å². The second-order valence-corrected chi connectivity index (χ2v) is 6.83. The number of hydrogen-bond donors (Lipinski definition) is 2. The van der Waals surface area contributed by atoms with Crippen LogP contribution in [0.2, 0.25) is 0 Å². The van der Waals surface area contributed by atoms with E-state index in [1.165, 1.54) is 0 Å². The average Bonchev–Trinajstić information content (AvgIpc) is 2.85. The first kappa shape index (κ1) is 21.7. The number of amides is 4. The Labute approximate surface area is 156 Å². The van der Waals surface area contributed by atoms with Crippen LogP contribution in [0.5, 0.6) is 0 Å². The highest BCUT2D eigenvalue weighted by molar-refractivity contribution is 6.08. The van der Waals surface area contributed by atoms with Crippen molar-refractivity contribution in [1.29, 1.82) is 0 Å². The van der Waals surface area contributed by atoms with Gasteiger partial charge in [-0.3, -0.25) is 14.5 Å². The molecule has 0 spiro atoms. The molecule has 0 aliphatic carbocycles. The summed E-state index contributed by atoms with van der Waals surface area (Å²) >= 11 is 0. The van der Waals surface area contributed by atoms with Gasteiger partial charge in [0, 0.05) is 13.1 Å². The third-order valence-electron chi connectivity index (χ3n) is 5.52. The second-order valence-electron chi connectivity index (χ2n) is 6.83. The van der Waals surface area contributed by atoms with Gasteiger partial charge in [-0.05, 0) is 51.6 Å². The van der Waals surface area contributed by atoms with Gasteiger partial charge in [0.25, 0.3) is 5.91 Å². The van der Waals surface area contributed by atoms with Crippen molar-refractivity contribution in [1.82, 2.24) is 20.4 Å². The topological polar surface area (TPSA) is 81.8 Å². The van der Waals surface area contributed by atoms with Gasteiger partial charge in [0.1, 0.15) is 12.1 Å². The normalized spacial score (nSPS) is 20.4. The van der Waals surface area contributed by atoms with Gasteiger partial charge >= 0.3 is 6.03 Å². The van der Waals surface area contributed by atoms with Crippen molar-refractivity contribution < 1.29 is 14.4 Å². The standard InChI is InChI=1S/C17H30N4O3.ClH/c1-4-17(5-2)15(23)21(16(24)19-17)12-14(22)20-10-7-13(8-11-20)6-9-18-3;/h13,18H,4-12H2,1-3H3,(H,19,24);1H. The van der Waals surface area contributed by atoms with Crippen molar-refractivity contribution in [3.05, 3.63) is 0 Å². The fourth-order valence-electron chi connectivity index (χ4n) is 3.60. The van der Waals surface area contributed by atoms with E-state index in [-0.39, 0.29) is 30.8 Å². The minimum absolute atomic E-state index is 0. The van der Waals surface area contributed by atoms with Crippen LogP contribution in [-0.2, 0) is 9.59 Å². The number of carbonyl (C=O) groups excluding carboxylic acids is 3. The van der Waals surface area contributed by atoms with E-state index in [2.05, 4.69) is 10.6 Å². The van der Waals surface area contributed by atoms with Crippen molar-refractivity contribution in [2.45, 2.75) is 51.5 Å². The van der Waals surface area contributed by atoms with E-state index in [0.717, 1.165) is 30.7 Å². The molecule has 0 aromatic heterocycles. The summed E-state index contributed by atoms with van der Waals surface area (Å²) in [4.78, 5) is 40.0. The van der Waals surface area contributed by atoms with Gasteiger partial charge in [-0.25, -0.2) is 4.79 Å². The van der Waals surface area contributed by atoms with Gasteiger partial charge < -0.3 is 15.5 Å². The lowest BCUT2D eigenvalue weighted by atomic mass is 9.93. The number of nitrogens with one attached hydrogen (secondary N) is 2. The molecule has 2 aliphatic heterocycles. The molecule has 0 atom stereocenters. The van der Waals surface area contributed by atoms with Crippen LogP contribution in [0.3, 0.4) is 0 Å². The molecule has 4 amide bonds. The Morgan fingerprint density at radius 3 is 2.32 bits per heavy atom. The number of rotatable bonds is 7. The molecule has 2 rings (SSSR count). The predicted octanol–water partition coefficient (Wildman–Crippen LogP) is 1.37. The minimum atomic E-state index is -0.836. The lowest BCUT2D eigenvalue weighted by Crippen LogP contribution is -2.48. The molecule has 2 aliphatic rings. The number of urea groups is 1. The number of carbonyl (C=O) groups is 3. The van der Waals surface area contributed by atoms with Crippen molar-refractivity contribution in [2.75, 3.05) is 33.2 Å². The fraction of sp³-hybridized carbons (Fsp3) is 0.824. The van der Waals surface area contributed by atoms with Gasteiger partial charge in [0.15, 0.2) is 0 Å². The summed E-state index contributed by atoms with van der Waals surface area (Å²) in [5, 5.41) is 5.92. The number of imide groups is 1. The van der Waals surface area contributed by atoms with Crippen LogP contribution in [0.1, 0.15) is 46.0 Å². The Balaban J connectivity index is 0.00000312. The lowest BCUT2D eigenvalue weighted by Gasteiger charge is -2.33. The lowest BCUT2D eigenvalue weighted by molar-refractivity contribution is -0.139. The maximum atomic E-state index is 12.6. The molecule has 7 nitrogen and oxygen atoms in total. The maximum Gasteiger partial charge on any atom is 0.325 e. The molecule has 0 aromatic carbocycles. The summed E-state index contributed by atoms with van der Waals surface area (Å²) in [5.74, 6) is 0.245. The first-order valence-electron chi connectivity index (χ1n) is 9.04. The summed E-state index contributed by atoms with van der Waals surface area (Å²) < 4.78 is 0. The fourth-order valence-corrected chi connectivity index (χ4v) is 3.60. The van der Waals surface area contributed by atoms with E-state index in [4.69, 9.17) is 0 Å². The summed E-state index contributed by atoms with van der Waals surface area (Å²) in [6.07, 6.45) is 4.18. The van der Waals surface area contributed by atoms with Crippen LogP contribution < -0.4 is 10.6 Å². The molecule has 8 heteroatoms. The van der Waals surface area contributed by atoms with E-state index in [9.17, 15) is 14.4 Å². The van der Waals surface area contributed by atoms with Gasteiger partial charge in [0.2, 0.25) is 5.91 Å². The van der Waals surface area contributed by atoms with E-state index in [1.807, 2.05) is 20.9 Å². The maximum absolute atomic E-state index is 12.6. The Morgan fingerprint density at radius 1 is 1.24 bits per heavy atom. The first-order chi connectivity index (χ1) is 11.5. The Bertz CT molecular complexity index is 488. The molecule has 0 bridgehead atoms. The predicted molar refractivity (Wildman–Crippen MR) is 98.7 cm³/mol. The molecule has 0 radical (unpaired) electrons. The summed E-state index contributed by atoms with van der Waals surface area (Å²) in [5.41, 5.74) is -0.836. The quantitative estimate of drug-likeness (QED) is 0.659. The van der Waals surface area contributed by atoms with Crippen LogP contribution in [0, 0.1) is 5.92 Å². The summed E-state index contributed by atoms with van der Waals surface area (Å²) in [6, 6.07) is -0.444. The highest BCUT2D eigenvalue weighted by atomic mass is 35.5.